The Balaban J connectivity index is 1.63. The fourth-order valence-electron chi connectivity index (χ4n) is 3.62. The Labute approximate surface area is 189 Å². The number of morpholine rings is 1. The molecule has 0 aromatic heterocycles. The lowest BCUT2D eigenvalue weighted by Gasteiger charge is -2.35. The first-order valence-corrected chi connectivity index (χ1v) is 10.7. The van der Waals surface area contributed by atoms with Crippen molar-refractivity contribution < 1.29 is 14.2 Å². The van der Waals surface area contributed by atoms with Crippen LogP contribution < -0.4 is 20.1 Å². The predicted octanol–water partition coefficient (Wildman–Crippen LogP) is 3.10. The van der Waals surface area contributed by atoms with Crippen LogP contribution in [-0.2, 0) is 11.3 Å². The highest BCUT2D eigenvalue weighted by molar-refractivity contribution is 6.30. The number of hydrogen-bond donors (Lipinski definition) is 2. The molecule has 0 radical (unpaired) electrons. The first kappa shape index (κ1) is 23.2. The number of guanidine groups is 1. The summed E-state index contributed by atoms with van der Waals surface area (Å²) in [7, 11) is 5.04. The van der Waals surface area contributed by atoms with Crippen LogP contribution in [0.4, 0.5) is 0 Å². The van der Waals surface area contributed by atoms with Crippen LogP contribution in [0.3, 0.4) is 0 Å². The Bertz CT molecular complexity index is 854. The van der Waals surface area contributed by atoms with Gasteiger partial charge in [0.15, 0.2) is 17.5 Å². The first-order chi connectivity index (χ1) is 15.1. The molecule has 2 aromatic rings. The molecule has 168 valence electrons. The van der Waals surface area contributed by atoms with E-state index in [0.29, 0.717) is 24.6 Å². The van der Waals surface area contributed by atoms with E-state index in [0.717, 1.165) is 42.8 Å². The van der Waals surface area contributed by atoms with Gasteiger partial charge in [-0.3, -0.25) is 9.89 Å². The van der Waals surface area contributed by atoms with Crippen LogP contribution >= 0.6 is 11.6 Å². The van der Waals surface area contributed by atoms with Crippen LogP contribution in [0.25, 0.3) is 0 Å². The summed E-state index contributed by atoms with van der Waals surface area (Å²) in [5, 5.41) is 7.58. The minimum absolute atomic E-state index is 0.195. The van der Waals surface area contributed by atoms with Crippen molar-refractivity contribution in [2.24, 2.45) is 4.99 Å². The van der Waals surface area contributed by atoms with Gasteiger partial charge in [0.2, 0.25) is 0 Å². The molecule has 1 fully saturated rings. The molecule has 0 saturated carbocycles. The molecular formula is C23H31ClN4O3. The molecule has 1 atom stereocenters. The van der Waals surface area contributed by atoms with Crippen molar-refractivity contribution in [1.29, 1.82) is 0 Å². The van der Waals surface area contributed by atoms with Crippen molar-refractivity contribution in [2.45, 2.75) is 12.6 Å². The third-order valence-electron chi connectivity index (χ3n) is 5.34. The molecule has 2 aromatic carbocycles. The maximum absolute atomic E-state index is 6.10. The molecule has 0 aliphatic carbocycles. The van der Waals surface area contributed by atoms with Gasteiger partial charge >= 0.3 is 0 Å². The number of benzene rings is 2. The van der Waals surface area contributed by atoms with Gasteiger partial charge in [-0.05, 0) is 35.4 Å². The molecular weight excluding hydrogens is 416 g/mol. The molecule has 1 saturated heterocycles. The average molecular weight is 447 g/mol. The monoisotopic (exact) mass is 446 g/mol. The standard InChI is InChI=1S/C23H31ClN4O3/c1-25-23(26-15-17-4-9-21(29-2)22(14-17)30-3)27-16-20(28-10-12-31-13-11-28)18-5-7-19(24)8-6-18/h4-9,14,20H,10-13,15-16H2,1-3H3,(H2,25,26,27). The number of aliphatic imine (C=N–C) groups is 1. The molecule has 2 N–H and O–H groups in total. The Morgan fingerprint density at radius 2 is 1.77 bits per heavy atom. The van der Waals surface area contributed by atoms with Gasteiger partial charge in [0, 0.05) is 38.2 Å². The lowest BCUT2D eigenvalue weighted by molar-refractivity contribution is 0.0170. The van der Waals surface area contributed by atoms with Crippen LogP contribution in [-0.4, -0.2) is 65.0 Å². The summed E-state index contributed by atoms with van der Waals surface area (Å²) < 4.78 is 16.2. The summed E-state index contributed by atoms with van der Waals surface area (Å²) in [5.41, 5.74) is 2.29. The number of halogens is 1. The van der Waals surface area contributed by atoms with Crippen molar-refractivity contribution in [3.05, 3.63) is 58.6 Å². The Morgan fingerprint density at radius 3 is 2.42 bits per heavy atom. The van der Waals surface area contributed by atoms with Crippen LogP contribution in [0.15, 0.2) is 47.5 Å². The Morgan fingerprint density at radius 1 is 1.06 bits per heavy atom. The summed E-state index contributed by atoms with van der Waals surface area (Å²) in [6.07, 6.45) is 0. The number of nitrogens with zero attached hydrogens (tertiary/aromatic N) is 2. The van der Waals surface area contributed by atoms with E-state index in [4.69, 9.17) is 25.8 Å². The van der Waals surface area contributed by atoms with E-state index in [1.807, 2.05) is 30.3 Å². The van der Waals surface area contributed by atoms with Gasteiger partial charge in [-0.1, -0.05) is 29.8 Å². The largest absolute Gasteiger partial charge is 0.493 e. The van der Waals surface area contributed by atoms with Gasteiger partial charge in [0.05, 0.1) is 33.5 Å². The molecule has 0 bridgehead atoms. The van der Waals surface area contributed by atoms with Gasteiger partial charge in [0.1, 0.15) is 0 Å². The highest BCUT2D eigenvalue weighted by atomic mass is 35.5. The van der Waals surface area contributed by atoms with Crippen LogP contribution in [0.1, 0.15) is 17.2 Å². The van der Waals surface area contributed by atoms with Crippen molar-refractivity contribution in [3.63, 3.8) is 0 Å². The maximum atomic E-state index is 6.10. The summed E-state index contributed by atoms with van der Waals surface area (Å²) in [6.45, 7) is 4.61. The zero-order chi connectivity index (χ0) is 22.1. The molecule has 0 spiro atoms. The van der Waals surface area contributed by atoms with E-state index in [-0.39, 0.29) is 6.04 Å². The van der Waals surface area contributed by atoms with Crippen molar-refractivity contribution in [2.75, 3.05) is 54.1 Å². The Kier molecular flexibility index (Phi) is 8.82. The molecule has 1 unspecified atom stereocenters. The molecule has 1 aliphatic rings. The molecule has 1 heterocycles. The van der Waals surface area contributed by atoms with Gasteiger partial charge < -0.3 is 24.8 Å². The first-order valence-electron chi connectivity index (χ1n) is 10.4. The smallest absolute Gasteiger partial charge is 0.191 e. The van der Waals surface area contributed by atoms with E-state index in [1.165, 1.54) is 5.56 Å². The quantitative estimate of drug-likeness (QED) is 0.480. The third kappa shape index (κ3) is 6.50. The van der Waals surface area contributed by atoms with E-state index in [9.17, 15) is 0 Å². The van der Waals surface area contributed by atoms with Crippen LogP contribution in [0.5, 0.6) is 11.5 Å². The summed E-state index contributed by atoms with van der Waals surface area (Å²) in [5.74, 6) is 2.16. The SMILES string of the molecule is CN=C(NCc1ccc(OC)c(OC)c1)NCC(c1ccc(Cl)cc1)N1CCOCC1. The second-order valence-corrected chi connectivity index (χ2v) is 7.65. The zero-order valence-electron chi connectivity index (χ0n) is 18.4. The van der Waals surface area contributed by atoms with Gasteiger partial charge in [0.25, 0.3) is 0 Å². The molecule has 3 rings (SSSR count). The van der Waals surface area contributed by atoms with Crippen LogP contribution in [0, 0.1) is 0 Å². The van der Waals surface area contributed by atoms with E-state index in [2.05, 4.69) is 32.7 Å². The molecule has 8 heteroatoms. The second kappa shape index (κ2) is 11.8. The van der Waals surface area contributed by atoms with Crippen LogP contribution in [0.2, 0.25) is 5.02 Å². The lowest BCUT2D eigenvalue weighted by atomic mass is 10.0. The highest BCUT2D eigenvalue weighted by Gasteiger charge is 2.23. The van der Waals surface area contributed by atoms with Crippen molar-refractivity contribution in [3.8, 4) is 11.5 Å². The number of rotatable bonds is 8. The van der Waals surface area contributed by atoms with E-state index in [1.54, 1.807) is 21.3 Å². The van der Waals surface area contributed by atoms with Crippen molar-refractivity contribution in [1.82, 2.24) is 15.5 Å². The predicted molar refractivity (Wildman–Crippen MR) is 124 cm³/mol. The summed E-state index contributed by atoms with van der Waals surface area (Å²) in [6, 6.07) is 14.1. The normalized spacial score (nSPS) is 15.9. The average Bonchev–Trinajstić information content (AvgIpc) is 2.82. The maximum Gasteiger partial charge on any atom is 0.191 e. The van der Waals surface area contributed by atoms with Gasteiger partial charge in [-0.15, -0.1) is 0 Å². The second-order valence-electron chi connectivity index (χ2n) is 7.21. The minimum Gasteiger partial charge on any atom is -0.493 e. The third-order valence-corrected chi connectivity index (χ3v) is 5.59. The summed E-state index contributed by atoms with van der Waals surface area (Å²) in [4.78, 5) is 6.81. The molecule has 1 aliphatic heterocycles. The molecule has 7 nitrogen and oxygen atoms in total. The number of nitrogens with one attached hydrogen (secondary N) is 2. The fraction of sp³-hybridized carbons (Fsp3) is 0.435. The zero-order valence-corrected chi connectivity index (χ0v) is 19.1. The van der Waals surface area contributed by atoms with E-state index < -0.39 is 0 Å². The van der Waals surface area contributed by atoms with Crippen molar-refractivity contribution >= 4 is 17.6 Å². The number of hydrogen-bond acceptors (Lipinski definition) is 5. The van der Waals surface area contributed by atoms with E-state index >= 15 is 0 Å². The number of ether oxygens (including phenoxy) is 3. The lowest BCUT2D eigenvalue weighted by Crippen LogP contribution is -2.46. The molecule has 31 heavy (non-hydrogen) atoms. The van der Waals surface area contributed by atoms with Gasteiger partial charge in [-0.25, -0.2) is 0 Å². The minimum atomic E-state index is 0.195. The topological polar surface area (TPSA) is 67.4 Å². The highest BCUT2D eigenvalue weighted by Crippen LogP contribution is 2.27. The summed E-state index contributed by atoms with van der Waals surface area (Å²) >= 11 is 6.10. The number of methoxy groups -OCH3 is 2. The fourth-order valence-corrected chi connectivity index (χ4v) is 3.75. The van der Waals surface area contributed by atoms with Gasteiger partial charge in [-0.2, -0.15) is 0 Å². The molecule has 0 amide bonds. The Hall–Kier alpha value is -2.48.